The first-order valence-electron chi connectivity index (χ1n) is 8.67. The van der Waals surface area contributed by atoms with Gasteiger partial charge < -0.3 is 15.1 Å². The fraction of sp³-hybridized carbons (Fsp3) is 0.316. The Morgan fingerprint density at radius 1 is 1.19 bits per heavy atom. The molecule has 0 radical (unpaired) electrons. The second kappa shape index (κ2) is 6.33. The van der Waals surface area contributed by atoms with Gasteiger partial charge in [0, 0.05) is 42.9 Å². The van der Waals surface area contributed by atoms with Crippen molar-refractivity contribution in [2.24, 2.45) is 0 Å². The van der Waals surface area contributed by atoms with Gasteiger partial charge >= 0.3 is 6.03 Å². The zero-order chi connectivity index (χ0) is 18.3. The summed E-state index contributed by atoms with van der Waals surface area (Å²) in [7, 11) is 0. The molecule has 3 amide bonds. The van der Waals surface area contributed by atoms with Gasteiger partial charge in [-0.2, -0.15) is 0 Å². The molecule has 1 aliphatic heterocycles. The molecule has 0 unspecified atom stereocenters. The van der Waals surface area contributed by atoms with Gasteiger partial charge in [0.05, 0.1) is 5.56 Å². The number of aryl methyl sites for hydroxylation is 1. The van der Waals surface area contributed by atoms with Crippen LogP contribution in [0.4, 0.5) is 16.2 Å². The monoisotopic (exact) mass is 353 g/mol. The van der Waals surface area contributed by atoms with Crippen LogP contribution in [0.15, 0.2) is 28.7 Å². The van der Waals surface area contributed by atoms with Crippen LogP contribution >= 0.6 is 0 Å². The lowest BCUT2D eigenvalue weighted by atomic mass is 9.94. The maximum Gasteiger partial charge on any atom is 0.321 e. The van der Waals surface area contributed by atoms with Gasteiger partial charge in [0.1, 0.15) is 5.76 Å². The van der Waals surface area contributed by atoms with Gasteiger partial charge in [-0.3, -0.25) is 14.5 Å². The zero-order valence-corrected chi connectivity index (χ0v) is 14.4. The number of furan rings is 1. The number of urea groups is 1. The van der Waals surface area contributed by atoms with E-state index in [0.29, 0.717) is 48.5 Å². The third-order valence-electron chi connectivity index (χ3n) is 4.81. The summed E-state index contributed by atoms with van der Waals surface area (Å²) in [6.07, 6.45) is 1.94. The number of ketones is 1. The fourth-order valence-electron chi connectivity index (χ4n) is 3.50. The molecule has 0 spiro atoms. The van der Waals surface area contributed by atoms with Crippen LogP contribution in [0.1, 0.15) is 45.1 Å². The predicted molar refractivity (Wildman–Crippen MR) is 95.9 cm³/mol. The molecule has 0 saturated carbocycles. The highest BCUT2D eigenvalue weighted by Crippen LogP contribution is 2.30. The standard InChI is InChI=1S/C19H19N3O4/c1-11-16-14(23)3-2-4-15(16)26-17(11)18(24)21-12-5-7-13(8-6-12)22-10-9-20-19(22)25/h5-8H,2-4,9-10H2,1H3,(H,20,25)(H,21,24). The zero-order valence-electron chi connectivity index (χ0n) is 14.4. The number of amides is 3. The van der Waals surface area contributed by atoms with E-state index in [9.17, 15) is 14.4 Å². The van der Waals surface area contributed by atoms with Crippen molar-refractivity contribution in [1.29, 1.82) is 0 Å². The topological polar surface area (TPSA) is 91.7 Å². The van der Waals surface area contributed by atoms with E-state index in [1.165, 1.54) is 0 Å². The fourth-order valence-corrected chi connectivity index (χ4v) is 3.50. The first kappa shape index (κ1) is 16.4. The third kappa shape index (κ3) is 2.75. The van der Waals surface area contributed by atoms with Crippen LogP contribution in [0.3, 0.4) is 0 Å². The minimum atomic E-state index is -0.378. The molecule has 2 aliphatic rings. The molecular weight excluding hydrogens is 334 g/mol. The van der Waals surface area contributed by atoms with E-state index in [4.69, 9.17) is 4.42 Å². The number of anilines is 2. The summed E-state index contributed by atoms with van der Waals surface area (Å²) in [4.78, 5) is 38.0. The molecule has 0 atom stereocenters. The maximum absolute atomic E-state index is 12.6. The van der Waals surface area contributed by atoms with Crippen molar-refractivity contribution in [3.8, 4) is 0 Å². The van der Waals surface area contributed by atoms with Crippen LogP contribution < -0.4 is 15.5 Å². The van der Waals surface area contributed by atoms with Crippen molar-refractivity contribution in [3.05, 3.63) is 46.9 Å². The Hall–Kier alpha value is -3.09. The van der Waals surface area contributed by atoms with Crippen LogP contribution in [0.25, 0.3) is 0 Å². The summed E-state index contributed by atoms with van der Waals surface area (Å²) in [5.74, 6) is 0.462. The van der Waals surface area contributed by atoms with E-state index in [2.05, 4.69) is 10.6 Å². The molecule has 0 bridgehead atoms. The van der Waals surface area contributed by atoms with E-state index < -0.39 is 0 Å². The number of hydrogen-bond acceptors (Lipinski definition) is 4. The summed E-state index contributed by atoms with van der Waals surface area (Å²) in [5, 5.41) is 5.54. The van der Waals surface area contributed by atoms with E-state index in [0.717, 1.165) is 12.1 Å². The normalized spacial score (nSPS) is 16.4. The highest BCUT2D eigenvalue weighted by molar-refractivity contribution is 6.07. The lowest BCUT2D eigenvalue weighted by Gasteiger charge is -2.14. The Labute approximate surface area is 150 Å². The second-order valence-corrected chi connectivity index (χ2v) is 6.52. The number of benzene rings is 1. The van der Waals surface area contributed by atoms with Crippen LogP contribution in [-0.2, 0) is 6.42 Å². The minimum absolute atomic E-state index is 0.0415. The second-order valence-electron chi connectivity index (χ2n) is 6.52. The average molecular weight is 353 g/mol. The molecular formula is C19H19N3O4. The largest absolute Gasteiger partial charge is 0.455 e. The molecule has 26 heavy (non-hydrogen) atoms. The average Bonchev–Trinajstić information content (AvgIpc) is 3.20. The number of carbonyl (C=O) groups excluding carboxylic acids is 3. The molecule has 1 aromatic heterocycles. The molecule has 2 aromatic rings. The smallest absolute Gasteiger partial charge is 0.321 e. The maximum atomic E-state index is 12.6. The number of fused-ring (bicyclic) bond motifs is 1. The SMILES string of the molecule is Cc1c(C(=O)Nc2ccc(N3CCNC3=O)cc2)oc2c1C(=O)CCC2. The van der Waals surface area contributed by atoms with Gasteiger partial charge in [-0.25, -0.2) is 4.79 Å². The first-order valence-corrected chi connectivity index (χ1v) is 8.67. The van der Waals surface area contributed by atoms with Gasteiger partial charge in [0.25, 0.3) is 5.91 Å². The number of Topliss-reactive ketones (excluding diaryl/α,β-unsaturated/α-hetero) is 1. The van der Waals surface area contributed by atoms with E-state index in [1.54, 1.807) is 36.1 Å². The van der Waals surface area contributed by atoms with Crippen molar-refractivity contribution in [2.45, 2.75) is 26.2 Å². The first-order chi connectivity index (χ1) is 12.5. The lowest BCUT2D eigenvalue weighted by molar-refractivity contribution is 0.0963. The minimum Gasteiger partial charge on any atom is -0.455 e. The van der Waals surface area contributed by atoms with Crippen molar-refractivity contribution in [3.63, 3.8) is 0 Å². The molecule has 7 heteroatoms. The molecule has 4 rings (SSSR count). The van der Waals surface area contributed by atoms with Gasteiger partial charge in [-0.1, -0.05) is 0 Å². The highest BCUT2D eigenvalue weighted by Gasteiger charge is 2.29. The van der Waals surface area contributed by atoms with Crippen molar-refractivity contribution >= 4 is 29.1 Å². The molecule has 134 valence electrons. The van der Waals surface area contributed by atoms with E-state index in [1.807, 2.05) is 0 Å². The van der Waals surface area contributed by atoms with Crippen LogP contribution in [-0.4, -0.2) is 30.8 Å². The Bertz CT molecular complexity index is 898. The number of rotatable bonds is 3. The van der Waals surface area contributed by atoms with Crippen molar-refractivity contribution < 1.29 is 18.8 Å². The number of hydrogen-bond donors (Lipinski definition) is 2. The Morgan fingerprint density at radius 3 is 2.62 bits per heavy atom. The molecule has 1 saturated heterocycles. The Balaban J connectivity index is 1.52. The van der Waals surface area contributed by atoms with Gasteiger partial charge in [0.2, 0.25) is 0 Å². The van der Waals surface area contributed by atoms with Gasteiger partial charge in [-0.05, 0) is 37.6 Å². The Morgan fingerprint density at radius 2 is 1.96 bits per heavy atom. The molecule has 1 aliphatic carbocycles. The summed E-state index contributed by atoms with van der Waals surface area (Å²) in [5.41, 5.74) is 2.54. The molecule has 1 aromatic carbocycles. The molecule has 2 heterocycles. The quantitative estimate of drug-likeness (QED) is 0.887. The summed E-state index contributed by atoms with van der Waals surface area (Å²) >= 11 is 0. The molecule has 1 fully saturated rings. The summed E-state index contributed by atoms with van der Waals surface area (Å²) in [6.45, 7) is 2.99. The number of nitrogens with zero attached hydrogens (tertiary/aromatic N) is 1. The van der Waals surface area contributed by atoms with E-state index in [-0.39, 0.29) is 23.5 Å². The Kier molecular flexibility index (Phi) is 3.99. The van der Waals surface area contributed by atoms with Crippen molar-refractivity contribution in [1.82, 2.24) is 5.32 Å². The summed E-state index contributed by atoms with van der Waals surface area (Å²) < 4.78 is 5.67. The number of nitrogens with one attached hydrogen (secondary N) is 2. The van der Waals surface area contributed by atoms with Crippen molar-refractivity contribution in [2.75, 3.05) is 23.3 Å². The van der Waals surface area contributed by atoms with Gasteiger partial charge in [0.15, 0.2) is 11.5 Å². The number of carbonyl (C=O) groups is 3. The molecule has 7 nitrogen and oxygen atoms in total. The van der Waals surface area contributed by atoms with E-state index >= 15 is 0 Å². The predicted octanol–water partition coefficient (Wildman–Crippen LogP) is 2.89. The third-order valence-corrected chi connectivity index (χ3v) is 4.81. The van der Waals surface area contributed by atoms with Crippen LogP contribution in [0.5, 0.6) is 0 Å². The van der Waals surface area contributed by atoms with Gasteiger partial charge in [-0.15, -0.1) is 0 Å². The highest BCUT2D eigenvalue weighted by atomic mass is 16.4. The molecule has 2 N–H and O–H groups in total. The van der Waals surface area contributed by atoms with Crippen LogP contribution in [0.2, 0.25) is 0 Å². The lowest BCUT2D eigenvalue weighted by Crippen LogP contribution is -2.27. The van der Waals surface area contributed by atoms with Crippen LogP contribution in [0, 0.1) is 6.92 Å². The summed E-state index contributed by atoms with van der Waals surface area (Å²) in [6, 6.07) is 6.92.